The van der Waals surface area contributed by atoms with Gasteiger partial charge in [0.15, 0.2) is 0 Å². The van der Waals surface area contributed by atoms with Gasteiger partial charge in [0.2, 0.25) is 0 Å². The molecule has 1 aliphatic carbocycles. The van der Waals surface area contributed by atoms with Crippen molar-refractivity contribution >= 4 is 32.3 Å². The van der Waals surface area contributed by atoms with Crippen LogP contribution in [0.3, 0.4) is 0 Å². The molecule has 1 aliphatic rings. The van der Waals surface area contributed by atoms with Crippen LogP contribution in [0.4, 0.5) is 0 Å². The van der Waals surface area contributed by atoms with Gasteiger partial charge >= 0.3 is 0 Å². The lowest BCUT2D eigenvalue weighted by molar-refractivity contribution is 1.29. The minimum absolute atomic E-state index is 1.04. The van der Waals surface area contributed by atoms with E-state index in [0.717, 1.165) is 6.42 Å². The molecule has 116 valence electrons. The predicted octanol–water partition coefficient (Wildman–Crippen LogP) is 6.72. The summed E-state index contributed by atoms with van der Waals surface area (Å²) < 4.78 is 0. The zero-order valence-corrected chi connectivity index (χ0v) is 13.8. The van der Waals surface area contributed by atoms with E-state index < -0.39 is 0 Å². The molecular weight excluding hydrogens is 300 g/mol. The van der Waals surface area contributed by atoms with E-state index in [1.807, 2.05) is 0 Å². The van der Waals surface area contributed by atoms with Crippen LogP contribution in [0.1, 0.15) is 11.1 Å². The minimum atomic E-state index is 1.04. The van der Waals surface area contributed by atoms with Gasteiger partial charge in [0.25, 0.3) is 0 Å². The first-order chi connectivity index (χ1) is 12.4. The van der Waals surface area contributed by atoms with Crippen LogP contribution in [-0.4, -0.2) is 0 Å². The molecule has 0 spiro atoms. The van der Waals surface area contributed by atoms with E-state index in [1.165, 1.54) is 54.6 Å². The smallest absolute Gasteiger partial charge is 0.000706 e. The van der Waals surface area contributed by atoms with Crippen molar-refractivity contribution in [3.05, 3.63) is 96.1 Å². The summed E-state index contributed by atoms with van der Waals surface area (Å²) >= 11 is 0. The molecule has 6 rings (SSSR count). The highest BCUT2D eigenvalue weighted by Crippen LogP contribution is 2.43. The molecule has 0 nitrogen and oxygen atoms in total. The standard InChI is InChI=1S/C25H16/c1-3-7-20-16(5-1)9-10-18-13-19-14-25-21-8-4-2-6-17(21)11-12-22(25)24(19)15-23(18)20/h1-13,15H,14H2. The van der Waals surface area contributed by atoms with E-state index in [4.69, 9.17) is 0 Å². The Morgan fingerprint density at radius 2 is 1.16 bits per heavy atom. The van der Waals surface area contributed by atoms with Crippen molar-refractivity contribution in [2.45, 2.75) is 6.42 Å². The van der Waals surface area contributed by atoms with Gasteiger partial charge in [-0.25, -0.2) is 0 Å². The molecule has 0 heterocycles. The van der Waals surface area contributed by atoms with E-state index in [-0.39, 0.29) is 0 Å². The zero-order valence-electron chi connectivity index (χ0n) is 13.8. The molecule has 25 heavy (non-hydrogen) atoms. The van der Waals surface area contributed by atoms with E-state index in [0.29, 0.717) is 0 Å². The summed E-state index contributed by atoms with van der Waals surface area (Å²) in [4.78, 5) is 0. The third kappa shape index (κ3) is 1.77. The largest absolute Gasteiger partial charge is 0.0616 e. The molecule has 0 saturated heterocycles. The number of rotatable bonds is 0. The van der Waals surface area contributed by atoms with Crippen molar-refractivity contribution in [3.63, 3.8) is 0 Å². The van der Waals surface area contributed by atoms with Gasteiger partial charge < -0.3 is 0 Å². The fraction of sp³-hybridized carbons (Fsp3) is 0.0400. The first-order valence-corrected chi connectivity index (χ1v) is 8.84. The summed E-state index contributed by atoms with van der Waals surface area (Å²) in [5.74, 6) is 0. The summed E-state index contributed by atoms with van der Waals surface area (Å²) in [6.45, 7) is 0. The molecule has 0 heteroatoms. The first-order valence-electron chi connectivity index (χ1n) is 8.84. The topological polar surface area (TPSA) is 0 Å². The maximum absolute atomic E-state index is 2.41. The highest BCUT2D eigenvalue weighted by atomic mass is 14.2. The predicted molar refractivity (Wildman–Crippen MR) is 107 cm³/mol. The van der Waals surface area contributed by atoms with Crippen molar-refractivity contribution in [2.75, 3.05) is 0 Å². The third-order valence-corrected chi connectivity index (χ3v) is 5.67. The van der Waals surface area contributed by atoms with Crippen LogP contribution < -0.4 is 0 Å². The number of benzene rings is 5. The fourth-order valence-corrected chi connectivity index (χ4v) is 4.47. The van der Waals surface area contributed by atoms with Gasteiger partial charge in [0, 0.05) is 0 Å². The maximum Gasteiger partial charge on any atom is -0.000706 e. The number of fused-ring (bicyclic) bond motifs is 8. The molecule has 5 aromatic rings. The lowest BCUT2D eigenvalue weighted by atomic mass is 9.96. The van der Waals surface area contributed by atoms with Crippen molar-refractivity contribution in [3.8, 4) is 11.1 Å². The van der Waals surface area contributed by atoms with Gasteiger partial charge in [-0.05, 0) is 67.1 Å². The Morgan fingerprint density at radius 1 is 0.480 bits per heavy atom. The van der Waals surface area contributed by atoms with E-state index >= 15 is 0 Å². The summed E-state index contributed by atoms with van der Waals surface area (Å²) in [6, 6.07) is 31.3. The SMILES string of the molecule is c1ccc2c3c(ccc2c1)-c1cc2c(ccc4ccccc42)cc1C3. The first kappa shape index (κ1) is 13.2. The quantitative estimate of drug-likeness (QED) is 0.273. The molecule has 5 aromatic carbocycles. The van der Waals surface area contributed by atoms with Crippen LogP contribution in [0.2, 0.25) is 0 Å². The summed E-state index contributed by atoms with van der Waals surface area (Å²) in [6.07, 6.45) is 1.04. The molecule has 0 aliphatic heterocycles. The lowest BCUT2D eigenvalue weighted by Gasteiger charge is -2.08. The van der Waals surface area contributed by atoms with Crippen LogP contribution in [0.15, 0.2) is 84.9 Å². The fourth-order valence-electron chi connectivity index (χ4n) is 4.47. The highest BCUT2D eigenvalue weighted by Gasteiger charge is 2.21. The Balaban J connectivity index is 1.71. The Morgan fingerprint density at radius 3 is 2.04 bits per heavy atom. The van der Waals surface area contributed by atoms with Gasteiger partial charge in [-0.3, -0.25) is 0 Å². The minimum Gasteiger partial charge on any atom is -0.0616 e. The Labute approximate surface area is 146 Å². The van der Waals surface area contributed by atoms with Crippen LogP contribution in [0.5, 0.6) is 0 Å². The summed E-state index contributed by atoms with van der Waals surface area (Å²) in [5, 5.41) is 8.09. The maximum atomic E-state index is 2.41. The van der Waals surface area contributed by atoms with Gasteiger partial charge in [0.1, 0.15) is 0 Å². The van der Waals surface area contributed by atoms with Crippen LogP contribution in [0, 0.1) is 0 Å². The molecule has 0 N–H and O–H groups in total. The molecule has 0 aromatic heterocycles. The van der Waals surface area contributed by atoms with Crippen LogP contribution >= 0.6 is 0 Å². The molecule has 0 bridgehead atoms. The van der Waals surface area contributed by atoms with Crippen LogP contribution in [-0.2, 0) is 6.42 Å². The number of hydrogen-bond acceptors (Lipinski definition) is 0. The normalized spacial score (nSPS) is 12.6. The van der Waals surface area contributed by atoms with Crippen LogP contribution in [0.25, 0.3) is 43.4 Å². The summed E-state index contributed by atoms with van der Waals surface area (Å²) in [5.41, 5.74) is 5.75. The third-order valence-electron chi connectivity index (χ3n) is 5.67. The lowest BCUT2D eigenvalue weighted by Crippen LogP contribution is -1.84. The Hall–Kier alpha value is -3.12. The van der Waals surface area contributed by atoms with Gasteiger partial charge in [-0.2, -0.15) is 0 Å². The van der Waals surface area contributed by atoms with Crippen molar-refractivity contribution in [2.24, 2.45) is 0 Å². The van der Waals surface area contributed by atoms with Gasteiger partial charge in [-0.1, -0.05) is 78.9 Å². The van der Waals surface area contributed by atoms with E-state index in [2.05, 4.69) is 84.9 Å². The Bertz CT molecular complexity index is 1310. The van der Waals surface area contributed by atoms with Crippen molar-refractivity contribution < 1.29 is 0 Å². The van der Waals surface area contributed by atoms with Gasteiger partial charge in [0.05, 0.1) is 0 Å². The van der Waals surface area contributed by atoms with E-state index in [1.54, 1.807) is 0 Å². The molecule has 0 saturated carbocycles. The monoisotopic (exact) mass is 316 g/mol. The number of hydrogen-bond donors (Lipinski definition) is 0. The van der Waals surface area contributed by atoms with Gasteiger partial charge in [-0.15, -0.1) is 0 Å². The second-order valence-corrected chi connectivity index (χ2v) is 7.01. The molecule has 0 amide bonds. The summed E-state index contributed by atoms with van der Waals surface area (Å²) in [7, 11) is 0. The molecule has 0 fully saturated rings. The average molecular weight is 316 g/mol. The second-order valence-electron chi connectivity index (χ2n) is 7.01. The molecular formula is C25H16. The highest BCUT2D eigenvalue weighted by molar-refractivity contribution is 6.10. The van der Waals surface area contributed by atoms with Crippen molar-refractivity contribution in [1.82, 2.24) is 0 Å². The Kier molecular flexibility index (Phi) is 2.48. The molecule has 0 atom stereocenters. The molecule has 0 radical (unpaired) electrons. The molecule has 0 unspecified atom stereocenters. The average Bonchev–Trinajstić information content (AvgIpc) is 3.04. The zero-order chi connectivity index (χ0) is 16.4. The van der Waals surface area contributed by atoms with Crippen molar-refractivity contribution in [1.29, 1.82) is 0 Å². The second kappa shape index (κ2) is 4.70. The van der Waals surface area contributed by atoms with E-state index in [9.17, 15) is 0 Å².